The van der Waals surface area contributed by atoms with E-state index in [2.05, 4.69) is 75.6 Å². The van der Waals surface area contributed by atoms with Crippen LogP contribution in [0.15, 0.2) is 89.8 Å². The number of ether oxygens (including phenoxy) is 1. The lowest BCUT2D eigenvalue weighted by atomic mass is 9.93. The van der Waals surface area contributed by atoms with E-state index in [1.54, 1.807) is 11.8 Å². The van der Waals surface area contributed by atoms with Crippen molar-refractivity contribution in [2.24, 2.45) is 4.99 Å². The van der Waals surface area contributed by atoms with E-state index >= 15 is 0 Å². The first kappa shape index (κ1) is 30.8. The third kappa shape index (κ3) is 6.90. The van der Waals surface area contributed by atoms with Gasteiger partial charge in [0.15, 0.2) is 11.0 Å². The number of hydrogen-bond donors (Lipinski definition) is 2. The molecular weight excluding hydrogens is 620 g/mol. The number of allylic oxidation sites excluding steroid dienone is 1. The number of aryl methyl sites for hydroxylation is 1. The molecule has 0 radical (unpaired) electrons. The van der Waals surface area contributed by atoms with E-state index in [-0.39, 0.29) is 11.8 Å². The van der Waals surface area contributed by atoms with E-state index < -0.39 is 6.36 Å². The van der Waals surface area contributed by atoms with Crippen LogP contribution in [0.1, 0.15) is 48.9 Å². The number of benzene rings is 3. The van der Waals surface area contributed by atoms with E-state index in [1.807, 2.05) is 24.3 Å². The molecule has 1 fully saturated rings. The Balaban J connectivity index is 1.09. The van der Waals surface area contributed by atoms with Crippen LogP contribution in [0.2, 0.25) is 0 Å². The lowest BCUT2D eigenvalue weighted by molar-refractivity contribution is -0.274. The van der Waals surface area contributed by atoms with Gasteiger partial charge in [0.2, 0.25) is 5.11 Å². The van der Waals surface area contributed by atoms with E-state index in [0.717, 1.165) is 28.5 Å². The summed E-state index contributed by atoms with van der Waals surface area (Å²) in [5, 5.41) is 5.69. The van der Waals surface area contributed by atoms with Gasteiger partial charge in [0.1, 0.15) is 12.1 Å². The standard InChI is InChI=1S/C32H30F3N7OS2/c1-4-27(38-39-30(44)37-31-42-24(17-45-31)16-20(3)26-14-5-19(2)15-28(26)42)21-6-8-22(9-7-21)29-36-18-41(40-29)23-10-12-25(13-11-23)43-32(33,34)35/h5-16,18,20,27,38H,4,17H2,1-3H3,(H,39,44)/b37-31-. The smallest absolute Gasteiger partial charge is 0.406 e. The van der Waals surface area contributed by atoms with Gasteiger partial charge in [0, 0.05) is 22.9 Å². The number of alkyl halides is 3. The van der Waals surface area contributed by atoms with E-state index in [9.17, 15) is 13.2 Å². The van der Waals surface area contributed by atoms with Crippen molar-refractivity contribution in [2.75, 3.05) is 10.7 Å². The highest BCUT2D eigenvalue weighted by molar-refractivity contribution is 8.14. The zero-order chi connectivity index (χ0) is 31.7. The van der Waals surface area contributed by atoms with Gasteiger partial charge < -0.3 is 4.74 Å². The maximum Gasteiger partial charge on any atom is 0.573 e. The largest absolute Gasteiger partial charge is 0.573 e. The zero-order valence-corrected chi connectivity index (χ0v) is 26.3. The number of rotatable bonds is 7. The topological polar surface area (TPSA) is 79.6 Å². The van der Waals surface area contributed by atoms with Crippen molar-refractivity contribution in [2.45, 2.75) is 45.5 Å². The molecule has 232 valence electrons. The first-order valence-electron chi connectivity index (χ1n) is 14.3. The molecule has 2 unspecified atom stereocenters. The predicted octanol–water partition coefficient (Wildman–Crippen LogP) is 7.58. The fraction of sp³-hybridized carbons (Fsp3) is 0.250. The fourth-order valence-electron chi connectivity index (χ4n) is 5.33. The minimum atomic E-state index is -4.74. The average molecular weight is 650 g/mol. The molecule has 3 heterocycles. The summed E-state index contributed by atoms with van der Waals surface area (Å²) in [5.41, 5.74) is 13.7. The van der Waals surface area contributed by atoms with Gasteiger partial charge in [0.25, 0.3) is 0 Å². The second-order valence-electron chi connectivity index (χ2n) is 10.7. The number of anilines is 1. The minimum Gasteiger partial charge on any atom is -0.406 e. The van der Waals surface area contributed by atoms with E-state index in [4.69, 9.17) is 17.2 Å². The summed E-state index contributed by atoms with van der Waals surface area (Å²) >= 11 is 7.29. The van der Waals surface area contributed by atoms with E-state index in [0.29, 0.717) is 22.5 Å². The van der Waals surface area contributed by atoms with Crippen molar-refractivity contribution >= 4 is 39.9 Å². The molecule has 0 amide bonds. The summed E-state index contributed by atoms with van der Waals surface area (Å²) < 4.78 is 42.8. The first-order chi connectivity index (χ1) is 21.6. The maximum atomic E-state index is 12.4. The predicted molar refractivity (Wildman–Crippen MR) is 175 cm³/mol. The lowest BCUT2D eigenvalue weighted by Crippen LogP contribution is -2.39. The van der Waals surface area contributed by atoms with Crippen LogP contribution in [0.5, 0.6) is 5.75 Å². The molecule has 1 saturated heterocycles. The molecule has 2 N–H and O–H groups in total. The Morgan fingerprint density at radius 2 is 1.89 bits per heavy atom. The van der Waals surface area contributed by atoms with Gasteiger partial charge in [-0.05, 0) is 72.6 Å². The van der Waals surface area contributed by atoms with Crippen LogP contribution in [-0.4, -0.2) is 37.2 Å². The van der Waals surface area contributed by atoms with Crippen molar-refractivity contribution in [1.29, 1.82) is 0 Å². The number of fused-ring (bicyclic) bond motifs is 3. The third-order valence-corrected chi connectivity index (χ3v) is 8.71. The Bertz CT molecular complexity index is 1770. The first-order valence-corrected chi connectivity index (χ1v) is 15.7. The molecule has 4 aromatic rings. The lowest BCUT2D eigenvalue weighted by Gasteiger charge is -2.30. The molecule has 0 aliphatic carbocycles. The molecule has 2 aliphatic heterocycles. The van der Waals surface area contributed by atoms with Crippen LogP contribution >= 0.6 is 24.0 Å². The van der Waals surface area contributed by atoms with Gasteiger partial charge in [-0.3, -0.25) is 10.3 Å². The van der Waals surface area contributed by atoms with Crippen LogP contribution in [0.25, 0.3) is 17.1 Å². The maximum absolute atomic E-state index is 12.4. The van der Waals surface area contributed by atoms with E-state index in [1.165, 1.54) is 57.8 Å². The van der Waals surface area contributed by atoms with Crippen LogP contribution in [0.3, 0.4) is 0 Å². The Labute approximate surface area is 268 Å². The second-order valence-corrected chi connectivity index (χ2v) is 12.1. The van der Waals surface area contributed by atoms with Crippen LogP contribution < -0.4 is 20.5 Å². The molecule has 0 saturated carbocycles. The van der Waals surface area contributed by atoms with Crippen LogP contribution in [0, 0.1) is 6.92 Å². The SMILES string of the molecule is CCC(NNC(=S)/N=C1\SCC2=CC(C)c3ccc(C)cc3N21)c1ccc(-c2ncn(-c3ccc(OC(F)(F)F)cc3)n2)cc1. The monoisotopic (exact) mass is 649 g/mol. The number of nitrogens with one attached hydrogen (secondary N) is 2. The summed E-state index contributed by atoms with van der Waals surface area (Å²) in [6.07, 6.45) is -0.137. The number of halogens is 3. The average Bonchev–Trinajstić information content (AvgIpc) is 3.65. The number of thiocarbonyl (C=S) groups is 1. The van der Waals surface area contributed by atoms with Crippen LogP contribution in [-0.2, 0) is 0 Å². The van der Waals surface area contributed by atoms with Crippen molar-refractivity contribution < 1.29 is 17.9 Å². The van der Waals surface area contributed by atoms with Crippen molar-refractivity contribution in [1.82, 2.24) is 25.6 Å². The summed E-state index contributed by atoms with van der Waals surface area (Å²) in [6.45, 7) is 6.40. The minimum absolute atomic E-state index is 0.0361. The highest BCUT2D eigenvalue weighted by Gasteiger charge is 2.33. The Kier molecular flexibility index (Phi) is 8.67. The number of hydrazine groups is 1. The normalized spacial score (nSPS) is 17.5. The summed E-state index contributed by atoms with van der Waals surface area (Å²) in [7, 11) is 0. The van der Waals surface area contributed by atoms with Crippen LogP contribution in [0.4, 0.5) is 18.9 Å². The van der Waals surface area contributed by atoms with Gasteiger partial charge in [0.05, 0.1) is 17.4 Å². The van der Waals surface area contributed by atoms with Crippen molar-refractivity contribution in [3.05, 3.63) is 102 Å². The Hall–Kier alpha value is -4.20. The number of nitrogens with zero attached hydrogens (tertiary/aromatic N) is 5. The molecule has 6 rings (SSSR count). The molecule has 2 atom stereocenters. The molecule has 3 aromatic carbocycles. The van der Waals surface area contributed by atoms with Gasteiger partial charge in [-0.25, -0.2) is 15.1 Å². The molecule has 2 aliphatic rings. The number of amidine groups is 1. The van der Waals surface area contributed by atoms with Gasteiger partial charge in [-0.15, -0.1) is 18.3 Å². The fourth-order valence-corrected chi connectivity index (χ4v) is 6.54. The number of aromatic nitrogens is 3. The van der Waals surface area contributed by atoms with Crippen molar-refractivity contribution in [3.63, 3.8) is 0 Å². The highest BCUT2D eigenvalue weighted by atomic mass is 32.2. The number of thioether (sulfide) groups is 1. The summed E-state index contributed by atoms with van der Waals surface area (Å²) in [5.74, 6) is 1.39. The Morgan fingerprint density at radius 3 is 2.60 bits per heavy atom. The Morgan fingerprint density at radius 1 is 1.13 bits per heavy atom. The third-order valence-electron chi connectivity index (χ3n) is 7.54. The van der Waals surface area contributed by atoms with Gasteiger partial charge >= 0.3 is 6.36 Å². The molecule has 13 heteroatoms. The molecule has 1 aromatic heterocycles. The quantitative estimate of drug-likeness (QED) is 0.157. The zero-order valence-electron chi connectivity index (χ0n) is 24.7. The van der Waals surface area contributed by atoms with Crippen molar-refractivity contribution in [3.8, 4) is 22.8 Å². The highest BCUT2D eigenvalue weighted by Crippen LogP contribution is 2.43. The molecule has 45 heavy (non-hydrogen) atoms. The second kappa shape index (κ2) is 12.7. The number of hydrogen-bond acceptors (Lipinski definition) is 6. The summed E-state index contributed by atoms with van der Waals surface area (Å²) in [6, 6.07) is 19.8. The number of aliphatic imine (C=N–C) groups is 1. The van der Waals surface area contributed by atoms with Gasteiger partial charge in [-0.2, -0.15) is 4.99 Å². The van der Waals surface area contributed by atoms with Gasteiger partial charge in [-0.1, -0.05) is 68.1 Å². The molecule has 0 bridgehead atoms. The molecule has 0 spiro atoms. The molecular formula is C32H30F3N7OS2. The summed E-state index contributed by atoms with van der Waals surface area (Å²) in [4.78, 5) is 11.3. The molecule has 8 nitrogen and oxygen atoms in total.